The van der Waals surface area contributed by atoms with Crippen LogP contribution in [0.15, 0.2) is 53.6 Å². The molecule has 0 saturated carbocycles. The maximum atomic E-state index is 12.6. The minimum absolute atomic E-state index is 0.184. The third-order valence-electron chi connectivity index (χ3n) is 4.19. The number of alkyl halides is 3. The molecular weight excluding hydrogens is 413 g/mol. The predicted molar refractivity (Wildman–Crippen MR) is 96.6 cm³/mol. The topological polar surface area (TPSA) is 131 Å². The van der Waals surface area contributed by atoms with Crippen molar-refractivity contribution in [2.45, 2.75) is 35.6 Å². The van der Waals surface area contributed by atoms with Gasteiger partial charge in [0, 0.05) is 12.2 Å². The van der Waals surface area contributed by atoms with Crippen LogP contribution in [0, 0.1) is 0 Å². The second kappa shape index (κ2) is 8.47. The third kappa shape index (κ3) is 5.75. The molecule has 3 rings (SSSR count). The minimum atomic E-state index is -5.08. The number of aromatic nitrogens is 1. The summed E-state index contributed by atoms with van der Waals surface area (Å²) >= 11 is 0. The van der Waals surface area contributed by atoms with E-state index in [4.69, 9.17) is 15.6 Å². The first-order valence-electron chi connectivity index (χ1n) is 8.35. The van der Waals surface area contributed by atoms with E-state index < -0.39 is 33.3 Å². The van der Waals surface area contributed by atoms with E-state index in [1.807, 2.05) is 6.07 Å². The van der Waals surface area contributed by atoms with Gasteiger partial charge in [0.25, 0.3) is 0 Å². The number of hydrogen-bond donors (Lipinski definition) is 3. The van der Waals surface area contributed by atoms with Crippen molar-refractivity contribution in [1.29, 1.82) is 0 Å². The first kappa shape index (κ1) is 22.8. The maximum absolute atomic E-state index is 12.6. The first-order valence-corrected chi connectivity index (χ1v) is 10.0. The first-order chi connectivity index (χ1) is 13.3. The molecule has 7 nitrogen and oxygen atoms in total. The second-order valence-corrected chi connectivity index (χ2v) is 8.58. The van der Waals surface area contributed by atoms with Gasteiger partial charge in [0.1, 0.15) is 5.60 Å². The molecule has 2 atom stereocenters. The van der Waals surface area contributed by atoms with Crippen molar-refractivity contribution in [2.24, 2.45) is 5.73 Å². The molecule has 0 fully saturated rings. The van der Waals surface area contributed by atoms with Crippen LogP contribution in [0.25, 0.3) is 0 Å². The van der Waals surface area contributed by atoms with E-state index in [-0.39, 0.29) is 17.4 Å². The number of carbonyl (C=O) groups is 1. The zero-order valence-corrected chi connectivity index (χ0v) is 15.8. The lowest BCUT2D eigenvalue weighted by Crippen LogP contribution is -2.46. The molecule has 0 radical (unpaired) electrons. The zero-order valence-electron chi connectivity index (χ0n) is 15.0. The molecule has 158 valence electrons. The largest absolute Gasteiger partial charge is 0.490 e. The second-order valence-electron chi connectivity index (χ2n) is 6.59. The van der Waals surface area contributed by atoms with Gasteiger partial charge in [-0.2, -0.15) is 13.2 Å². The number of carboxylic acid groups (broad SMARTS) is 1. The number of nitrogens with two attached hydrogens (primary N) is 1. The predicted octanol–water partition coefficient (Wildman–Crippen LogP) is 1.65. The SMILES string of the molecule is N[C@H]1Cc2cccnc2[C@](O)(CS(=O)(=O)c2ccccc2)C1.O=C(O)C(F)(F)F. The summed E-state index contributed by atoms with van der Waals surface area (Å²) in [6.07, 6.45) is -2.74. The molecule has 1 aromatic heterocycles. The number of hydrogen-bond acceptors (Lipinski definition) is 6. The van der Waals surface area contributed by atoms with E-state index in [2.05, 4.69) is 4.98 Å². The summed E-state index contributed by atoms with van der Waals surface area (Å²) < 4.78 is 56.9. The number of carboxylic acids is 1. The van der Waals surface area contributed by atoms with Crippen molar-refractivity contribution in [3.05, 3.63) is 59.9 Å². The highest BCUT2D eigenvalue weighted by Gasteiger charge is 2.43. The number of halogens is 3. The smallest absolute Gasteiger partial charge is 0.475 e. The molecule has 11 heteroatoms. The highest BCUT2D eigenvalue weighted by Crippen LogP contribution is 2.35. The summed E-state index contributed by atoms with van der Waals surface area (Å²) in [7, 11) is -3.63. The van der Waals surface area contributed by atoms with E-state index in [1.165, 1.54) is 12.1 Å². The van der Waals surface area contributed by atoms with Gasteiger partial charge in [-0.1, -0.05) is 24.3 Å². The van der Waals surface area contributed by atoms with Crippen LogP contribution < -0.4 is 5.73 Å². The molecule has 0 amide bonds. The lowest BCUT2D eigenvalue weighted by atomic mass is 9.81. The van der Waals surface area contributed by atoms with Crippen LogP contribution in [-0.4, -0.2) is 47.6 Å². The van der Waals surface area contributed by atoms with Gasteiger partial charge in [-0.15, -0.1) is 0 Å². The molecule has 1 aromatic carbocycles. The van der Waals surface area contributed by atoms with Gasteiger partial charge < -0.3 is 15.9 Å². The van der Waals surface area contributed by atoms with Crippen LogP contribution >= 0.6 is 0 Å². The van der Waals surface area contributed by atoms with Crippen molar-refractivity contribution in [3.63, 3.8) is 0 Å². The number of rotatable bonds is 3. The van der Waals surface area contributed by atoms with E-state index >= 15 is 0 Å². The third-order valence-corrected chi connectivity index (χ3v) is 6.04. The van der Waals surface area contributed by atoms with Gasteiger partial charge in [0.2, 0.25) is 0 Å². The van der Waals surface area contributed by atoms with E-state index in [0.29, 0.717) is 12.1 Å². The van der Waals surface area contributed by atoms with Gasteiger partial charge in [-0.25, -0.2) is 13.2 Å². The molecule has 0 bridgehead atoms. The molecule has 2 aromatic rings. The van der Waals surface area contributed by atoms with Crippen LogP contribution in [0.5, 0.6) is 0 Å². The Labute approximate surface area is 164 Å². The molecule has 1 aliphatic carbocycles. The lowest BCUT2D eigenvalue weighted by molar-refractivity contribution is -0.192. The fourth-order valence-electron chi connectivity index (χ4n) is 3.06. The molecule has 0 aliphatic heterocycles. The monoisotopic (exact) mass is 432 g/mol. The summed E-state index contributed by atoms with van der Waals surface area (Å²) in [5.41, 5.74) is 5.69. The van der Waals surface area contributed by atoms with Gasteiger partial charge >= 0.3 is 12.1 Å². The van der Waals surface area contributed by atoms with E-state index in [1.54, 1.807) is 30.5 Å². The number of benzene rings is 1. The Balaban J connectivity index is 0.000000370. The maximum Gasteiger partial charge on any atom is 0.490 e. The molecule has 0 saturated heterocycles. The number of pyridine rings is 1. The summed E-state index contributed by atoms with van der Waals surface area (Å²) in [6.45, 7) is 0. The lowest BCUT2D eigenvalue weighted by Gasteiger charge is -2.36. The summed E-state index contributed by atoms with van der Waals surface area (Å²) in [5, 5.41) is 18.1. The Hall–Kier alpha value is -2.50. The van der Waals surface area contributed by atoms with E-state index in [0.717, 1.165) is 5.56 Å². The molecule has 1 aliphatic rings. The van der Waals surface area contributed by atoms with Crippen LogP contribution in [0.3, 0.4) is 0 Å². The molecule has 29 heavy (non-hydrogen) atoms. The Bertz CT molecular complexity index is 967. The average molecular weight is 432 g/mol. The van der Waals surface area contributed by atoms with Gasteiger partial charge in [-0.3, -0.25) is 4.98 Å². The summed E-state index contributed by atoms with van der Waals surface area (Å²) in [6, 6.07) is 11.5. The number of aliphatic carboxylic acids is 1. The van der Waals surface area contributed by atoms with Crippen LogP contribution in [-0.2, 0) is 26.7 Å². The molecule has 0 spiro atoms. The van der Waals surface area contributed by atoms with Gasteiger partial charge in [0.15, 0.2) is 9.84 Å². The highest BCUT2D eigenvalue weighted by atomic mass is 32.2. The van der Waals surface area contributed by atoms with Crippen LogP contribution in [0.1, 0.15) is 17.7 Å². The van der Waals surface area contributed by atoms with Crippen molar-refractivity contribution in [3.8, 4) is 0 Å². The average Bonchev–Trinajstić information content (AvgIpc) is 2.61. The van der Waals surface area contributed by atoms with Gasteiger partial charge in [0.05, 0.1) is 16.3 Å². The normalized spacial score (nSPS) is 21.5. The fourth-order valence-corrected chi connectivity index (χ4v) is 4.68. The van der Waals surface area contributed by atoms with Crippen molar-refractivity contribution >= 4 is 15.8 Å². The zero-order chi connectivity index (χ0) is 21.9. The fraction of sp³-hybridized carbons (Fsp3) is 0.333. The Morgan fingerprint density at radius 3 is 2.34 bits per heavy atom. The van der Waals surface area contributed by atoms with Crippen molar-refractivity contribution < 1.29 is 36.6 Å². The Kier molecular flexibility index (Phi) is 6.66. The summed E-state index contributed by atoms with van der Waals surface area (Å²) in [5.74, 6) is -3.17. The highest BCUT2D eigenvalue weighted by molar-refractivity contribution is 7.91. The van der Waals surface area contributed by atoms with Crippen LogP contribution in [0.2, 0.25) is 0 Å². The minimum Gasteiger partial charge on any atom is -0.475 e. The Morgan fingerprint density at radius 1 is 1.21 bits per heavy atom. The Morgan fingerprint density at radius 2 is 1.79 bits per heavy atom. The molecular formula is C18H19F3N2O5S. The van der Waals surface area contributed by atoms with Crippen LogP contribution in [0.4, 0.5) is 13.2 Å². The number of aliphatic hydroxyl groups is 1. The quantitative estimate of drug-likeness (QED) is 0.672. The molecule has 1 heterocycles. The van der Waals surface area contributed by atoms with Crippen molar-refractivity contribution in [1.82, 2.24) is 4.98 Å². The number of fused-ring (bicyclic) bond motifs is 1. The van der Waals surface area contributed by atoms with E-state index in [9.17, 15) is 26.7 Å². The molecule has 4 N–H and O–H groups in total. The van der Waals surface area contributed by atoms with Crippen molar-refractivity contribution in [2.75, 3.05) is 5.75 Å². The number of sulfone groups is 1. The van der Waals surface area contributed by atoms with Gasteiger partial charge in [-0.05, 0) is 36.6 Å². The standard InChI is InChI=1S/C16H18N2O3S.C2HF3O2/c17-13-9-12-5-4-8-18-15(12)16(19,10-13)11-22(20,21)14-6-2-1-3-7-14;3-2(4,5)1(6)7/h1-8,13,19H,9-11,17H2;(H,6,7)/t13-,16+;/m0./s1. The number of nitrogens with zero attached hydrogens (tertiary/aromatic N) is 1. The summed E-state index contributed by atoms with van der Waals surface area (Å²) in [4.78, 5) is 13.3. The molecule has 0 unspecified atom stereocenters.